The van der Waals surface area contributed by atoms with Crippen molar-refractivity contribution in [1.29, 1.82) is 0 Å². The summed E-state index contributed by atoms with van der Waals surface area (Å²) in [4.78, 5) is 8.26. The SMILES string of the molecule is Nc1nc(NCc2ccc(Br)cc2)c2cn[nH]c2n1. The minimum atomic E-state index is 0.218. The molecule has 96 valence electrons. The summed E-state index contributed by atoms with van der Waals surface area (Å²) in [6, 6.07) is 8.07. The normalized spacial score (nSPS) is 10.8. The predicted octanol–water partition coefficient (Wildman–Crippen LogP) is 2.31. The first-order valence-electron chi connectivity index (χ1n) is 5.67. The lowest BCUT2D eigenvalue weighted by Crippen LogP contribution is -2.04. The maximum atomic E-state index is 5.66. The van der Waals surface area contributed by atoms with Crippen LogP contribution in [0.25, 0.3) is 11.0 Å². The molecule has 0 saturated carbocycles. The Bertz CT molecular complexity index is 706. The van der Waals surface area contributed by atoms with Gasteiger partial charge >= 0.3 is 0 Å². The van der Waals surface area contributed by atoms with Gasteiger partial charge in [-0.25, -0.2) is 0 Å². The van der Waals surface area contributed by atoms with E-state index in [-0.39, 0.29) is 5.95 Å². The number of nitrogen functional groups attached to an aromatic ring is 1. The van der Waals surface area contributed by atoms with Gasteiger partial charge in [-0.3, -0.25) is 5.10 Å². The van der Waals surface area contributed by atoms with Crippen LogP contribution in [-0.2, 0) is 6.54 Å². The van der Waals surface area contributed by atoms with Crippen LogP contribution in [0.3, 0.4) is 0 Å². The van der Waals surface area contributed by atoms with Gasteiger partial charge in [-0.2, -0.15) is 15.1 Å². The topological polar surface area (TPSA) is 92.5 Å². The number of nitrogens with two attached hydrogens (primary N) is 1. The van der Waals surface area contributed by atoms with E-state index in [1.165, 1.54) is 0 Å². The molecule has 0 atom stereocenters. The summed E-state index contributed by atoms with van der Waals surface area (Å²) in [5.74, 6) is 0.897. The van der Waals surface area contributed by atoms with Gasteiger partial charge in [0.1, 0.15) is 5.82 Å². The summed E-state index contributed by atoms with van der Waals surface area (Å²) in [5.41, 5.74) is 7.44. The third-order valence-corrected chi connectivity index (χ3v) is 3.23. The molecule has 6 nitrogen and oxygen atoms in total. The zero-order valence-electron chi connectivity index (χ0n) is 9.89. The average molecular weight is 319 g/mol. The molecule has 3 aromatic rings. The number of aromatic nitrogens is 4. The molecule has 0 radical (unpaired) electrons. The molecule has 4 N–H and O–H groups in total. The fourth-order valence-electron chi connectivity index (χ4n) is 1.77. The molecule has 0 amide bonds. The number of nitrogens with zero attached hydrogens (tertiary/aromatic N) is 3. The van der Waals surface area contributed by atoms with E-state index >= 15 is 0 Å². The van der Waals surface area contributed by atoms with Crippen molar-refractivity contribution in [3.63, 3.8) is 0 Å². The molecule has 2 heterocycles. The Labute approximate surface area is 117 Å². The maximum absolute atomic E-state index is 5.66. The number of rotatable bonds is 3. The van der Waals surface area contributed by atoms with Crippen molar-refractivity contribution in [3.8, 4) is 0 Å². The van der Waals surface area contributed by atoms with E-state index < -0.39 is 0 Å². The summed E-state index contributed by atoms with van der Waals surface area (Å²) >= 11 is 3.41. The number of fused-ring (bicyclic) bond motifs is 1. The molecular formula is C12H11BrN6. The zero-order chi connectivity index (χ0) is 13.2. The van der Waals surface area contributed by atoms with Crippen molar-refractivity contribution in [2.75, 3.05) is 11.1 Å². The quantitative estimate of drug-likeness (QED) is 0.689. The minimum absolute atomic E-state index is 0.218. The van der Waals surface area contributed by atoms with Gasteiger partial charge in [0.05, 0.1) is 11.6 Å². The van der Waals surface area contributed by atoms with E-state index in [4.69, 9.17) is 5.73 Å². The fourth-order valence-corrected chi connectivity index (χ4v) is 2.04. The molecule has 7 heteroatoms. The lowest BCUT2D eigenvalue weighted by atomic mass is 10.2. The number of halogens is 1. The van der Waals surface area contributed by atoms with Gasteiger partial charge in [-0.1, -0.05) is 28.1 Å². The van der Waals surface area contributed by atoms with E-state index in [1.807, 2.05) is 24.3 Å². The monoisotopic (exact) mass is 318 g/mol. The van der Waals surface area contributed by atoms with Crippen LogP contribution < -0.4 is 11.1 Å². The van der Waals surface area contributed by atoms with Crippen LogP contribution in [0.15, 0.2) is 34.9 Å². The third-order valence-electron chi connectivity index (χ3n) is 2.70. The first kappa shape index (κ1) is 11.9. The molecule has 0 aliphatic heterocycles. The number of benzene rings is 1. The third kappa shape index (κ3) is 2.50. The van der Waals surface area contributed by atoms with E-state index in [0.29, 0.717) is 18.0 Å². The highest BCUT2D eigenvalue weighted by Gasteiger charge is 2.07. The number of hydrogen-bond acceptors (Lipinski definition) is 5. The maximum Gasteiger partial charge on any atom is 0.224 e. The van der Waals surface area contributed by atoms with Crippen LogP contribution in [0.4, 0.5) is 11.8 Å². The Balaban J connectivity index is 1.85. The molecule has 19 heavy (non-hydrogen) atoms. The van der Waals surface area contributed by atoms with Gasteiger partial charge in [0.2, 0.25) is 5.95 Å². The molecule has 0 spiro atoms. The largest absolute Gasteiger partial charge is 0.368 e. The van der Waals surface area contributed by atoms with Crippen LogP contribution in [0.1, 0.15) is 5.56 Å². The smallest absolute Gasteiger partial charge is 0.224 e. The van der Waals surface area contributed by atoms with Crippen molar-refractivity contribution < 1.29 is 0 Å². The molecule has 0 aliphatic rings. The second kappa shape index (κ2) is 4.85. The van der Waals surface area contributed by atoms with Gasteiger partial charge in [-0.05, 0) is 17.7 Å². The number of nitrogens with one attached hydrogen (secondary N) is 2. The van der Waals surface area contributed by atoms with Crippen molar-refractivity contribution in [2.45, 2.75) is 6.54 Å². The highest BCUT2D eigenvalue weighted by Crippen LogP contribution is 2.19. The Kier molecular flexibility index (Phi) is 3.04. The number of hydrogen-bond donors (Lipinski definition) is 3. The number of anilines is 2. The van der Waals surface area contributed by atoms with Crippen LogP contribution >= 0.6 is 15.9 Å². The standard InChI is InChI=1S/C12H11BrN6/c13-8-3-1-7(2-4-8)5-15-10-9-6-16-19-11(9)18-12(14)17-10/h1-4,6H,5H2,(H4,14,15,16,17,18,19). The van der Waals surface area contributed by atoms with E-state index in [9.17, 15) is 0 Å². The summed E-state index contributed by atoms with van der Waals surface area (Å²) in [5, 5.41) is 10.8. The van der Waals surface area contributed by atoms with E-state index in [2.05, 4.69) is 41.4 Å². The Morgan fingerprint density at radius 1 is 1.21 bits per heavy atom. The van der Waals surface area contributed by atoms with Crippen molar-refractivity contribution >= 4 is 38.7 Å². The molecule has 0 aliphatic carbocycles. The fraction of sp³-hybridized carbons (Fsp3) is 0.0833. The van der Waals surface area contributed by atoms with E-state index in [1.54, 1.807) is 6.20 Å². The summed E-state index contributed by atoms with van der Waals surface area (Å²) in [7, 11) is 0. The highest BCUT2D eigenvalue weighted by atomic mass is 79.9. The molecule has 0 unspecified atom stereocenters. The van der Waals surface area contributed by atoms with E-state index in [0.717, 1.165) is 15.4 Å². The van der Waals surface area contributed by atoms with Crippen molar-refractivity contribution in [3.05, 3.63) is 40.5 Å². The van der Waals surface area contributed by atoms with Gasteiger partial charge in [0.25, 0.3) is 0 Å². The highest BCUT2D eigenvalue weighted by molar-refractivity contribution is 9.10. The molecule has 2 aromatic heterocycles. The van der Waals surface area contributed by atoms with Crippen molar-refractivity contribution in [2.24, 2.45) is 0 Å². The first-order valence-corrected chi connectivity index (χ1v) is 6.46. The number of aromatic amines is 1. The predicted molar refractivity (Wildman–Crippen MR) is 77.6 cm³/mol. The molecule has 0 bridgehead atoms. The Morgan fingerprint density at radius 3 is 2.79 bits per heavy atom. The molecule has 1 aromatic carbocycles. The Morgan fingerprint density at radius 2 is 2.00 bits per heavy atom. The van der Waals surface area contributed by atoms with Crippen LogP contribution in [-0.4, -0.2) is 20.2 Å². The molecule has 0 saturated heterocycles. The first-order chi connectivity index (χ1) is 9.22. The summed E-state index contributed by atoms with van der Waals surface area (Å²) < 4.78 is 1.06. The van der Waals surface area contributed by atoms with Crippen LogP contribution in [0.2, 0.25) is 0 Å². The average Bonchev–Trinajstić information content (AvgIpc) is 2.85. The number of H-pyrrole nitrogens is 1. The second-order valence-corrected chi connectivity index (χ2v) is 4.96. The van der Waals surface area contributed by atoms with Crippen LogP contribution in [0, 0.1) is 0 Å². The minimum Gasteiger partial charge on any atom is -0.368 e. The van der Waals surface area contributed by atoms with Gasteiger partial charge in [0.15, 0.2) is 5.65 Å². The molecular weight excluding hydrogens is 308 g/mol. The molecule has 0 fully saturated rings. The van der Waals surface area contributed by atoms with Gasteiger partial charge < -0.3 is 11.1 Å². The summed E-state index contributed by atoms with van der Waals surface area (Å²) in [6.07, 6.45) is 1.68. The molecule has 3 rings (SSSR count). The zero-order valence-corrected chi connectivity index (χ0v) is 11.5. The van der Waals surface area contributed by atoms with Crippen molar-refractivity contribution in [1.82, 2.24) is 20.2 Å². The Hall–Kier alpha value is -2.15. The van der Waals surface area contributed by atoms with Crippen LogP contribution in [0.5, 0.6) is 0 Å². The lowest BCUT2D eigenvalue weighted by molar-refractivity contribution is 1.08. The van der Waals surface area contributed by atoms with Gasteiger partial charge in [0, 0.05) is 11.0 Å². The lowest BCUT2D eigenvalue weighted by Gasteiger charge is -2.07. The second-order valence-electron chi connectivity index (χ2n) is 4.04. The van der Waals surface area contributed by atoms with Gasteiger partial charge in [-0.15, -0.1) is 0 Å². The summed E-state index contributed by atoms with van der Waals surface area (Å²) in [6.45, 7) is 0.657.